The van der Waals surface area contributed by atoms with Crippen LogP contribution in [0.3, 0.4) is 0 Å². The van der Waals surface area contributed by atoms with Gasteiger partial charge in [-0.05, 0) is 18.4 Å². The van der Waals surface area contributed by atoms with Crippen molar-refractivity contribution in [2.45, 2.75) is 37.7 Å². The van der Waals surface area contributed by atoms with E-state index in [1.54, 1.807) is 7.11 Å². The van der Waals surface area contributed by atoms with E-state index in [2.05, 4.69) is 10.1 Å². The standard InChI is InChI=1S/C16H18N2O3/c1-20-14(11-7-3-2-4-8-11)15-17-16(21-18-15)12-9-5-6-10-13(12)19/h2-4,7-8,12,14H,5-6,9-10H2,1H3. The van der Waals surface area contributed by atoms with Crippen LogP contribution in [-0.2, 0) is 9.53 Å². The van der Waals surface area contributed by atoms with Gasteiger partial charge in [0.1, 0.15) is 11.9 Å². The molecule has 1 aliphatic carbocycles. The summed E-state index contributed by atoms with van der Waals surface area (Å²) in [6.45, 7) is 0. The van der Waals surface area contributed by atoms with Crippen molar-refractivity contribution < 1.29 is 14.1 Å². The summed E-state index contributed by atoms with van der Waals surface area (Å²) in [4.78, 5) is 16.4. The highest BCUT2D eigenvalue weighted by molar-refractivity contribution is 5.85. The van der Waals surface area contributed by atoms with E-state index in [9.17, 15) is 4.79 Å². The average molecular weight is 286 g/mol. The van der Waals surface area contributed by atoms with E-state index >= 15 is 0 Å². The molecule has 0 radical (unpaired) electrons. The molecule has 1 aromatic heterocycles. The minimum absolute atomic E-state index is 0.199. The van der Waals surface area contributed by atoms with Crippen molar-refractivity contribution in [1.82, 2.24) is 10.1 Å². The fraction of sp³-hybridized carbons (Fsp3) is 0.438. The first-order valence-electron chi connectivity index (χ1n) is 7.23. The molecule has 1 saturated carbocycles. The molecule has 2 atom stereocenters. The van der Waals surface area contributed by atoms with Crippen LogP contribution in [0.15, 0.2) is 34.9 Å². The number of ketones is 1. The number of methoxy groups -OCH3 is 1. The maximum atomic E-state index is 12.0. The highest BCUT2D eigenvalue weighted by Crippen LogP contribution is 2.30. The molecule has 5 heteroatoms. The number of rotatable bonds is 4. The number of benzene rings is 1. The van der Waals surface area contributed by atoms with Crippen molar-refractivity contribution in [2.75, 3.05) is 7.11 Å². The number of ether oxygens (including phenoxy) is 1. The van der Waals surface area contributed by atoms with E-state index in [1.807, 2.05) is 30.3 Å². The van der Waals surface area contributed by atoms with E-state index in [0.29, 0.717) is 18.1 Å². The molecule has 0 saturated heterocycles. The van der Waals surface area contributed by atoms with Crippen LogP contribution >= 0.6 is 0 Å². The molecule has 3 rings (SSSR count). The largest absolute Gasteiger partial charge is 0.369 e. The third-order valence-corrected chi connectivity index (χ3v) is 3.88. The second-order valence-electron chi connectivity index (χ2n) is 5.28. The Morgan fingerprint density at radius 3 is 2.81 bits per heavy atom. The van der Waals surface area contributed by atoms with Crippen LogP contribution < -0.4 is 0 Å². The fourth-order valence-corrected chi connectivity index (χ4v) is 2.76. The second-order valence-corrected chi connectivity index (χ2v) is 5.28. The van der Waals surface area contributed by atoms with E-state index in [1.165, 1.54) is 0 Å². The minimum atomic E-state index is -0.373. The molecule has 1 heterocycles. The molecule has 1 fully saturated rings. The van der Waals surface area contributed by atoms with E-state index in [0.717, 1.165) is 24.8 Å². The Morgan fingerprint density at radius 1 is 1.29 bits per heavy atom. The Bertz CT molecular complexity index is 609. The van der Waals surface area contributed by atoms with Crippen molar-refractivity contribution in [3.8, 4) is 0 Å². The molecule has 2 aromatic rings. The zero-order valence-electron chi connectivity index (χ0n) is 12.0. The normalized spacial score (nSPS) is 20.4. The molecular weight excluding hydrogens is 268 g/mol. The van der Waals surface area contributed by atoms with Gasteiger partial charge in [0.2, 0.25) is 11.7 Å². The zero-order valence-corrected chi connectivity index (χ0v) is 12.0. The van der Waals surface area contributed by atoms with Crippen molar-refractivity contribution in [2.24, 2.45) is 0 Å². The minimum Gasteiger partial charge on any atom is -0.369 e. The number of carbonyl (C=O) groups is 1. The first kappa shape index (κ1) is 13.9. The SMILES string of the molecule is COC(c1ccccc1)c1noc(C2CCCCC2=O)n1. The summed E-state index contributed by atoms with van der Waals surface area (Å²) in [5.74, 6) is 0.850. The van der Waals surface area contributed by atoms with Crippen molar-refractivity contribution >= 4 is 5.78 Å². The Hall–Kier alpha value is -2.01. The first-order valence-corrected chi connectivity index (χ1v) is 7.23. The van der Waals surface area contributed by atoms with Crippen LogP contribution in [-0.4, -0.2) is 23.0 Å². The monoisotopic (exact) mass is 286 g/mol. The molecule has 0 amide bonds. The second kappa shape index (κ2) is 6.18. The fourth-order valence-electron chi connectivity index (χ4n) is 2.76. The van der Waals surface area contributed by atoms with Gasteiger partial charge in [0.25, 0.3) is 0 Å². The summed E-state index contributed by atoms with van der Waals surface area (Å²) in [5, 5.41) is 4.01. The van der Waals surface area contributed by atoms with E-state index in [4.69, 9.17) is 9.26 Å². The predicted molar refractivity (Wildman–Crippen MR) is 75.8 cm³/mol. The van der Waals surface area contributed by atoms with Crippen LogP contribution in [0.25, 0.3) is 0 Å². The third kappa shape index (κ3) is 2.88. The van der Waals surface area contributed by atoms with Crippen LogP contribution in [0.2, 0.25) is 0 Å². The summed E-state index contributed by atoms with van der Waals surface area (Å²) < 4.78 is 10.8. The predicted octanol–water partition coefficient (Wildman–Crippen LogP) is 3.03. The lowest BCUT2D eigenvalue weighted by Crippen LogP contribution is -2.17. The Labute approximate surface area is 123 Å². The van der Waals surface area contributed by atoms with Crippen molar-refractivity contribution in [1.29, 1.82) is 0 Å². The van der Waals surface area contributed by atoms with Crippen LogP contribution in [0.4, 0.5) is 0 Å². The number of Topliss-reactive ketones (excluding diaryl/α,β-unsaturated/α-hetero) is 1. The van der Waals surface area contributed by atoms with Crippen molar-refractivity contribution in [3.63, 3.8) is 0 Å². The number of aromatic nitrogens is 2. The molecule has 1 aromatic carbocycles. The average Bonchev–Trinajstić information content (AvgIpc) is 2.99. The van der Waals surface area contributed by atoms with Gasteiger partial charge in [-0.25, -0.2) is 0 Å². The van der Waals surface area contributed by atoms with E-state index < -0.39 is 0 Å². The van der Waals surface area contributed by atoms with Gasteiger partial charge in [0.05, 0.1) is 5.92 Å². The molecular formula is C16H18N2O3. The first-order chi connectivity index (χ1) is 10.3. The lowest BCUT2D eigenvalue weighted by molar-refractivity contribution is -0.122. The molecule has 0 bridgehead atoms. The highest BCUT2D eigenvalue weighted by Gasteiger charge is 2.30. The number of hydrogen-bond acceptors (Lipinski definition) is 5. The highest BCUT2D eigenvalue weighted by atomic mass is 16.5. The molecule has 21 heavy (non-hydrogen) atoms. The summed E-state index contributed by atoms with van der Waals surface area (Å²) in [7, 11) is 1.61. The summed E-state index contributed by atoms with van der Waals surface area (Å²) >= 11 is 0. The molecule has 110 valence electrons. The van der Waals surface area contributed by atoms with Crippen LogP contribution in [0.5, 0.6) is 0 Å². The van der Waals surface area contributed by atoms with Crippen LogP contribution in [0, 0.1) is 0 Å². The number of hydrogen-bond donors (Lipinski definition) is 0. The quantitative estimate of drug-likeness (QED) is 0.864. The lowest BCUT2D eigenvalue weighted by atomic mass is 9.88. The van der Waals surface area contributed by atoms with Crippen LogP contribution in [0.1, 0.15) is 55.0 Å². The topological polar surface area (TPSA) is 65.2 Å². The molecule has 2 unspecified atom stereocenters. The van der Waals surface area contributed by atoms with Gasteiger partial charge in [0, 0.05) is 13.5 Å². The smallest absolute Gasteiger partial charge is 0.237 e. The lowest BCUT2D eigenvalue weighted by Gasteiger charge is -2.16. The number of carbonyl (C=O) groups excluding carboxylic acids is 1. The maximum absolute atomic E-state index is 12.0. The van der Waals surface area contributed by atoms with Gasteiger partial charge in [0.15, 0.2) is 0 Å². The molecule has 0 spiro atoms. The molecule has 1 aliphatic rings. The summed E-state index contributed by atoms with van der Waals surface area (Å²) in [5.41, 5.74) is 0.960. The van der Waals surface area contributed by atoms with Gasteiger partial charge >= 0.3 is 0 Å². The Kier molecular flexibility index (Phi) is 4.10. The third-order valence-electron chi connectivity index (χ3n) is 3.88. The van der Waals surface area contributed by atoms with Gasteiger partial charge in [-0.3, -0.25) is 4.79 Å². The summed E-state index contributed by atoms with van der Waals surface area (Å²) in [6, 6.07) is 9.73. The van der Waals surface area contributed by atoms with Gasteiger partial charge in [-0.1, -0.05) is 41.9 Å². The van der Waals surface area contributed by atoms with Crippen molar-refractivity contribution in [3.05, 3.63) is 47.6 Å². The van der Waals surface area contributed by atoms with Gasteiger partial charge in [-0.15, -0.1) is 0 Å². The van der Waals surface area contributed by atoms with E-state index in [-0.39, 0.29) is 17.8 Å². The van der Waals surface area contributed by atoms with Gasteiger partial charge in [-0.2, -0.15) is 4.98 Å². The zero-order chi connectivity index (χ0) is 14.7. The number of nitrogens with zero attached hydrogens (tertiary/aromatic N) is 2. The van der Waals surface area contributed by atoms with Gasteiger partial charge < -0.3 is 9.26 Å². The Balaban J connectivity index is 1.85. The molecule has 0 N–H and O–H groups in total. The summed E-state index contributed by atoms with van der Waals surface area (Å²) in [6.07, 6.45) is 3.02. The molecule has 0 aliphatic heterocycles. The molecule has 5 nitrogen and oxygen atoms in total. The maximum Gasteiger partial charge on any atom is 0.237 e. The Morgan fingerprint density at radius 2 is 2.10 bits per heavy atom.